The zero-order chi connectivity index (χ0) is 20.8. The molecular weight excluding hydrogens is 382 g/mol. The van der Waals surface area contributed by atoms with Crippen molar-refractivity contribution in [3.8, 4) is 23.3 Å². The number of rotatable bonds is 5. The van der Waals surface area contributed by atoms with Crippen LogP contribution in [0.25, 0.3) is 11.1 Å². The molecule has 0 spiro atoms. The first kappa shape index (κ1) is 19.9. The molecule has 0 atom stereocenters. The van der Waals surface area contributed by atoms with Gasteiger partial charge < -0.3 is 11.1 Å². The molecule has 1 heterocycles. The van der Waals surface area contributed by atoms with Gasteiger partial charge in [0.15, 0.2) is 0 Å². The maximum absolute atomic E-state index is 12.3. The van der Waals surface area contributed by atoms with E-state index in [1.54, 1.807) is 12.1 Å². The number of nitrogens with zero attached hydrogens (tertiary/aromatic N) is 3. The normalized spacial score (nSPS) is 10.0. The van der Waals surface area contributed by atoms with Crippen LogP contribution in [0.5, 0.6) is 0 Å². The number of carbonyl (C=O) groups excluding carboxylic acids is 1. The summed E-state index contributed by atoms with van der Waals surface area (Å²) < 4.78 is 0. The van der Waals surface area contributed by atoms with E-state index in [-0.39, 0.29) is 28.6 Å². The summed E-state index contributed by atoms with van der Waals surface area (Å²) in [5, 5.41) is 22.4. The van der Waals surface area contributed by atoms with E-state index < -0.39 is 0 Å². The van der Waals surface area contributed by atoms with E-state index in [1.165, 1.54) is 0 Å². The first-order valence-corrected chi connectivity index (χ1v) is 9.70. The summed E-state index contributed by atoms with van der Waals surface area (Å²) in [5.41, 5.74) is 9.27. The van der Waals surface area contributed by atoms with Gasteiger partial charge in [0, 0.05) is 11.3 Å². The Balaban J connectivity index is 1.93. The second kappa shape index (κ2) is 8.92. The predicted molar refractivity (Wildman–Crippen MR) is 114 cm³/mol. The SMILES string of the molecule is Cc1ccc(-c2c(C#N)c(N)nc(SCC(=O)Nc3ccccc3)c2C#N)cc1. The number of anilines is 2. The Morgan fingerprint density at radius 1 is 1.07 bits per heavy atom. The molecule has 0 aliphatic rings. The van der Waals surface area contributed by atoms with Crippen molar-refractivity contribution in [2.24, 2.45) is 0 Å². The molecule has 29 heavy (non-hydrogen) atoms. The molecule has 0 aliphatic carbocycles. The predicted octanol–water partition coefficient (Wildman–Crippen LogP) is 4.11. The third-order valence-electron chi connectivity index (χ3n) is 4.15. The number of hydrogen-bond donors (Lipinski definition) is 2. The fourth-order valence-corrected chi connectivity index (χ4v) is 3.56. The van der Waals surface area contributed by atoms with Crippen molar-refractivity contribution in [3.63, 3.8) is 0 Å². The number of aryl methyl sites for hydroxylation is 1. The summed E-state index contributed by atoms with van der Waals surface area (Å²) in [6.07, 6.45) is 0. The van der Waals surface area contributed by atoms with Gasteiger partial charge in [0.2, 0.25) is 5.91 Å². The highest BCUT2D eigenvalue weighted by Gasteiger charge is 2.21. The van der Waals surface area contributed by atoms with Crippen molar-refractivity contribution in [1.29, 1.82) is 10.5 Å². The van der Waals surface area contributed by atoms with Crippen LogP contribution in [0.3, 0.4) is 0 Å². The third-order valence-corrected chi connectivity index (χ3v) is 5.13. The fourth-order valence-electron chi connectivity index (χ4n) is 2.76. The first-order valence-electron chi connectivity index (χ1n) is 8.72. The number of hydrogen-bond acceptors (Lipinski definition) is 6. The average molecular weight is 399 g/mol. The Morgan fingerprint density at radius 3 is 2.34 bits per heavy atom. The van der Waals surface area contributed by atoms with Gasteiger partial charge in [-0.1, -0.05) is 59.8 Å². The van der Waals surface area contributed by atoms with Gasteiger partial charge in [-0.2, -0.15) is 10.5 Å². The molecule has 6 nitrogen and oxygen atoms in total. The number of nitrogens with two attached hydrogens (primary N) is 1. The number of nitriles is 2. The first-order chi connectivity index (χ1) is 14.0. The van der Waals surface area contributed by atoms with Crippen LogP contribution in [-0.4, -0.2) is 16.6 Å². The van der Waals surface area contributed by atoms with Crippen molar-refractivity contribution < 1.29 is 4.79 Å². The maximum atomic E-state index is 12.3. The third kappa shape index (κ3) is 4.55. The Hall–Kier alpha value is -3.81. The van der Waals surface area contributed by atoms with E-state index in [4.69, 9.17) is 5.73 Å². The molecular formula is C22H17N5OS. The minimum absolute atomic E-state index is 0.0352. The molecule has 3 rings (SSSR count). The summed E-state index contributed by atoms with van der Waals surface area (Å²) in [6, 6.07) is 20.7. The molecule has 3 aromatic rings. The number of pyridine rings is 1. The van der Waals surface area contributed by atoms with Crippen LogP contribution in [0.4, 0.5) is 11.5 Å². The lowest BCUT2D eigenvalue weighted by Gasteiger charge is -2.13. The molecule has 3 N–H and O–H groups in total. The zero-order valence-corrected chi connectivity index (χ0v) is 16.5. The van der Waals surface area contributed by atoms with Gasteiger partial charge in [-0.25, -0.2) is 4.98 Å². The second-order valence-electron chi connectivity index (χ2n) is 6.22. The van der Waals surface area contributed by atoms with Crippen molar-refractivity contribution in [2.75, 3.05) is 16.8 Å². The molecule has 2 aromatic carbocycles. The Morgan fingerprint density at radius 2 is 1.72 bits per heavy atom. The molecule has 0 bridgehead atoms. The number of aromatic nitrogens is 1. The number of carbonyl (C=O) groups is 1. The molecule has 0 aliphatic heterocycles. The zero-order valence-electron chi connectivity index (χ0n) is 15.6. The Kier molecular flexibility index (Phi) is 6.13. The Bertz CT molecular complexity index is 1130. The number of nitrogens with one attached hydrogen (secondary N) is 1. The lowest BCUT2D eigenvalue weighted by Crippen LogP contribution is -2.14. The van der Waals surface area contributed by atoms with E-state index in [0.717, 1.165) is 17.3 Å². The fraction of sp³-hybridized carbons (Fsp3) is 0.0909. The quantitative estimate of drug-likeness (QED) is 0.624. The monoisotopic (exact) mass is 399 g/mol. The van der Waals surface area contributed by atoms with Gasteiger partial charge in [-0.15, -0.1) is 0 Å². The number of para-hydroxylation sites is 1. The van der Waals surface area contributed by atoms with Crippen LogP contribution < -0.4 is 11.1 Å². The average Bonchev–Trinajstić information content (AvgIpc) is 2.73. The molecule has 1 amide bonds. The number of thioether (sulfide) groups is 1. The lowest BCUT2D eigenvalue weighted by atomic mass is 9.96. The van der Waals surface area contributed by atoms with Gasteiger partial charge in [0.1, 0.15) is 28.5 Å². The minimum atomic E-state index is -0.230. The molecule has 142 valence electrons. The molecule has 0 saturated carbocycles. The molecule has 7 heteroatoms. The smallest absolute Gasteiger partial charge is 0.234 e. The second-order valence-corrected chi connectivity index (χ2v) is 7.18. The van der Waals surface area contributed by atoms with E-state index >= 15 is 0 Å². The molecule has 0 saturated heterocycles. The van der Waals surface area contributed by atoms with Gasteiger partial charge >= 0.3 is 0 Å². The topological polar surface area (TPSA) is 116 Å². The van der Waals surface area contributed by atoms with E-state index in [1.807, 2.05) is 55.5 Å². The summed E-state index contributed by atoms with van der Waals surface area (Å²) in [7, 11) is 0. The highest BCUT2D eigenvalue weighted by molar-refractivity contribution is 8.00. The largest absolute Gasteiger partial charge is 0.383 e. The van der Waals surface area contributed by atoms with Crippen molar-refractivity contribution in [3.05, 3.63) is 71.3 Å². The van der Waals surface area contributed by atoms with Crippen molar-refractivity contribution in [2.45, 2.75) is 11.9 Å². The van der Waals surface area contributed by atoms with E-state index in [0.29, 0.717) is 21.8 Å². The number of amides is 1. The lowest BCUT2D eigenvalue weighted by molar-refractivity contribution is -0.113. The van der Waals surface area contributed by atoms with Crippen LogP contribution in [0.1, 0.15) is 16.7 Å². The van der Waals surface area contributed by atoms with E-state index in [2.05, 4.69) is 16.4 Å². The van der Waals surface area contributed by atoms with Crippen molar-refractivity contribution in [1.82, 2.24) is 4.98 Å². The standard InChI is InChI=1S/C22H17N5OS/c1-14-7-9-15(10-8-14)20-17(11-23)21(25)27-22(18(20)12-24)29-13-19(28)26-16-5-3-2-4-6-16/h2-10H,13H2,1H3,(H2,25,27)(H,26,28). The summed E-state index contributed by atoms with van der Waals surface area (Å²) >= 11 is 1.11. The van der Waals surface area contributed by atoms with E-state index in [9.17, 15) is 15.3 Å². The molecule has 0 unspecified atom stereocenters. The highest BCUT2D eigenvalue weighted by Crippen LogP contribution is 2.35. The van der Waals surface area contributed by atoms with Crippen LogP contribution in [-0.2, 0) is 4.79 Å². The van der Waals surface area contributed by atoms with Gasteiger partial charge in [0.25, 0.3) is 0 Å². The van der Waals surface area contributed by atoms with Crippen LogP contribution in [0.15, 0.2) is 59.6 Å². The Labute approximate surface area is 173 Å². The molecule has 0 radical (unpaired) electrons. The van der Waals surface area contributed by atoms with Crippen LogP contribution >= 0.6 is 11.8 Å². The van der Waals surface area contributed by atoms with Gasteiger partial charge in [-0.05, 0) is 24.6 Å². The summed E-state index contributed by atoms with van der Waals surface area (Å²) in [5.74, 6) is -0.144. The molecule has 1 aromatic heterocycles. The van der Waals surface area contributed by atoms with Gasteiger partial charge in [-0.3, -0.25) is 4.79 Å². The minimum Gasteiger partial charge on any atom is -0.383 e. The van der Waals surface area contributed by atoms with Crippen LogP contribution in [0, 0.1) is 29.6 Å². The van der Waals surface area contributed by atoms with Gasteiger partial charge in [0.05, 0.1) is 11.3 Å². The van der Waals surface area contributed by atoms with Crippen LogP contribution in [0.2, 0.25) is 0 Å². The number of nitrogen functional groups attached to an aromatic ring is 1. The van der Waals surface area contributed by atoms with Crippen molar-refractivity contribution >= 4 is 29.2 Å². The number of benzene rings is 2. The maximum Gasteiger partial charge on any atom is 0.234 e. The highest BCUT2D eigenvalue weighted by atomic mass is 32.2. The summed E-state index contributed by atoms with van der Waals surface area (Å²) in [4.78, 5) is 16.5. The molecule has 0 fully saturated rings. The summed E-state index contributed by atoms with van der Waals surface area (Å²) in [6.45, 7) is 1.95.